The molecule has 0 spiro atoms. The van der Waals surface area contributed by atoms with E-state index in [-0.39, 0.29) is 18.4 Å². The second-order valence-electron chi connectivity index (χ2n) is 6.86. The number of amides is 2. The zero-order chi connectivity index (χ0) is 22.0. The van der Waals surface area contributed by atoms with Gasteiger partial charge in [0.2, 0.25) is 5.91 Å². The highest BCUT2D eigenvalue weighted by molar-refractivity contribution is 7.08. The molecule has 2 aromatic carbocycles. The van der Waals surface area contributed by atoms with Gasteiger partial charge >= 0.3 is 0 Å². The molecule has 1 aliphatic heterocycles. The summed E-state index contributed by atoms with van der Waals surface area (Å²) >= 11 is 1.47. The van der Waals surface area contributed by atoms with E-state index in [0.717, 1.165) is 5.56 Å². The quantitative estimate of drug-likeness (QED) is 0.584. The number of carbonyl (C=O) groups excluding carboxylic acids is 2. The number of hydrogen-bond donors (Lipinski definition) is 0. The molecular formula is C23H22N2O5S. The normalized spacial score (nSPS) is 16.4. The molecule has 0 N–H and O–H groups in total. The van der Waals surface area contributed by atoms with Gasteiger partial charge in [-0.2, -0.15) is 11.3 Å². The summed E-state index contributed by atoms with van der Waals surface area (Å²) in [5.41, 5.74) is 1.78. The van der Waals surface area contributed by atoms with E-state index in [1.165, 1.54) is 28.2 Å². The molecule has 4 rings (SSSR count). The standard InChI is InChI=1S/C23H22N2O5S/c1-28-16-8-9-20(30-3)18(12-16)24-13-21(26)25(17-6-4-5-7-19(17)29-2)22(23(24)27)15-10-11-31-14-15/h4-12,14,22H,13H2,1-3H3/t22-/m1/s1. The minimum atomic E-state index is -0.834. The molecule has 160 valence electrons. The first-order chi connectivity index (χ1) is 15.1. The van der Waals surface area contributed by atoms with Crippen molar-refractivity contribution in [2.75, 3.05) is 37.7 Å². The predicted molar refractivity (Wildman–Crippen MR) is 119 cm³/mol. The van der Waals surface area contributed by atoms with Crippen molar-refractivity contribution >= 4 is 34.5 Å². The number of carbonyl (C=O) groups is 2. The zero-order valence-electron chi connectivity index (χ0n) is 17.4. The van der Waals surface area contributed by atoms with Crippen LogP contribution in [0.15, 0.2) is 59.3 Å². The van der Waals surface area contributed by atoms with Gasteiger partial charge in [0.15, 0.2) is 0 Å². The summed E-state index contributed by atoms with van der Waals surface area (Å²) in [6.07, 6.45) is 0. The Balaban J connectivity index is 1.84. The number of nitrogens with zero attached hydrogens (tertiary/aromatic N) is 2. The van der Waals surface area contributed by atoms with Crippen LogP contribution < -0.4 is 24.0 Å². The summed E-state index contributed by atoms with van der Waals surface area (Å²) in [7, 11) is 4.62. The van der Waals surface area contributed by atoms with Crippen molar-refractivity contribution in [3.63, 3.8) is 0 Å². The van der Waals surface area contributed by atoms with Gasteiger partial charge in [0.1, 0.15) is 29.8 Å². The lowest BCUT2D eigenvalue weighted by Crippen LogP contribution is -2.56. The molecule has 1 fully saturated rings. The largest absolute Gasteiger partial charge is 0.497 e. The van der Waals surface area contributed by atoms with Crippen LogP contribution >= 0.6 is 11.3 Å². The van der Waals surface area contributed by atoms with Crippen LogP contribution in [0.25, 0.3) is 0 Å². The fourth-order valence-corrected chi connectivity index (χ4v) is 4.41. The number of methoxy groups -OCH3 is 3. The van der Waals surface area contributed by atoms with Gasteiger partial charge in [-0.15, -0.1) is 0 Å². The molecule has 31 heavy (non-hydrogen) atoms. The fourth-order valence-electron chi connectivity index (χ4n) is 3.73. The lowest BCUT2D eigenvalue weighted by Gasteiger charge is -2.40. The van der Waals surface area contributed by atoms with Crippen molar-refractivity contribution in [1.29, 1.82) is 0 Å². The van der Waals surface area contributed by atoms with Gasteiger partial charge in [0, 0.05) is 6.07 Å². The molecule has 0 unspecified atom stereocenters. The van der Waals surface area contributed by atoms with Crippen LogP contribution in [0.2, 0.25) is 0 Å². The Bertz CT molecular complexity index is 1100. The second-order valence-corrected chi connectivity index (χ2v) is 7.64. The third-order valence-corrected chi connectivity index (χ3v) is 5.90. The number of piperazine rings is 1. The SMILES string of the molecule is COc1ccc(OC)c(N2CC(=O)N(c3ccccc3OC)[C@H](c3ccsc3)C2=O)c1. The summed E-state index contributed by atoms with van der Waals surface area (Å²) in [5.74, 6) is 1.10. The predicted octanol–water partition coefficient (Wildman–Crippen LogP) is 3.90. The van der Waals surface area contributed by atoms with Crippen LogP contribution in [0.1, 0.15) is 11.6 Å². The van der Waals surface area contributed by atoms with E-state index < -0.39 is 6.04 Å². The highest BCUT2D eigenvalue weighted by atomic mass is 32.1. The number of ether oxygens (including phenoxy) is 3. The summed E-state index contributed by atoms with van der Waals surface area (Å²) in [4.78, 5) is 30.3. The number of benzene rings is 2. The Hall–Kier alpha value is -3.52. The van der Waals surface area contributed by atoms with E-state index in [1.54, 1.807) is 44.6 Å². The van der Waals surface area contributed by atoms with E-state index in [0.29, 0.717) is 28.6 Å². The van der Waals surface area contributed by atoms with Crippen molar-refractivity contribution in [3.8, 4) is 17.2 Å². The maximum atomic E-state index is 13.8. The van der Waals surface area contributed by atoms with Gasteiger partial charge in [-0.25, -0.2) is 0 Å². The fraction of sp³-hybridized carbons (Fsp3) is 0.217. The molecule has 0 saturated carbocycles. The molecule has 0 bridgehead atoms. The summed E-state index contributed by atoms with van der Waals surface area (Å²) < 4.78 is 16.3. The van der Waals surface area contributed by atoms with Crippen molar-refractivity contribution in [3.05, 3.63) is 64.9 Å². The summed E-state index contributed by atoms with van der Waals surface area (Å²) in [6.45, 7) is -0.138. The van der Waals surface area contributed by atoms with Gasteiger partial charge < -0.3 is 14.2 Å². The summed E-state index contributed by atoms with van der Waals surface area (Å²) in [5, 5.41) is 3.77. The first-order valence-electron chi connectivity index (χ1n) is 9.59. The molecule has 8 heteroatoms. The van der Waals surface area contributed by atoms with Crippen LogP contribution in [-0.2, 0) is 9.59 Å². The Kier molecular flexibility index (Phi) is 5.81. The van der Waals surface area contributed by atoms with Crippen LogP contribution in [0.3, 0.4) is 0 Å². The molecule has 1 atom stereocenters. The average Bonchev–Trinajstić information content (AvgIpc) is 3.34. The highest BCUT2D eigenvalue weighted by Crippen LogP contribution is 2.41. The molecule has 1 saturated heterocycles. The lowest BCUT2D eigenvalue weighted by molar-refractivity contribution is -0.128. The molecule has 2 amide bonds. The van der Waals surface area contributed by atoms with E-state index in [1.807, 2.05) is 29.0 Å². The van der Waals surface area contributed by atoms with Crippen molar-refractivity contribution < 1.29 is 23.8 Å². The minimum Gasteiger partial charge on any atom is -0.497 e. The number of rotatable bonds is 6. The molecule has 0 radical (unpaired) electrons. The van der Waals surface area contributed by atoms with Gasteiger partial charge in [-0.05, 0) is 46.7 Å². The van der Waals surface area contributed by atoms with Crippen LogP contribution in [0.4, 0.5) is 11.4 Å². The van der Waals surface area contributed by atoms with E-state index in [4.69, 9.17) is 14.2 Å². The first-order valence-corrected chi connectivity index (χ1v) is 10.5. The van der Waals surface area contributed by atoms with Gasteiger partial charge in [0.05, 0.1) is 32.7 Å². The third-order valence-electron chi connectivity index (χ3n) is 5.20. The van der Waals surface area contributed by atoms with Gasteiger partial charge in [-0.1, -0.05) is 12.1 Å². The Morgan fingerprint density at radius 2 is 1.65 bits per heavy atom. The molecule has 2 heterocycles. The third kappa shape index (κ3) is 3.70. The smallest absolute Gasteiger partial charge is 0.255 e. The van der Waals surface area contributed by atoms with Crippen LogP contribution in [0.5, 0.6) is 17.2 Å². The molecule has 1 aromatic heterocycles. The lowest BCUT2D eigenvalue weighted by atomic mass is 10.0. The Morgan fingerprint density at radius 3 is 2.32 bits per heavy atom. The number of anilines is 2. The monoisotopic (exact) mass is 438 g/mol. The summed E-state index contributed by atoms with van der Waals surface area (Å²) in [6, 6.07) is 13.4. The van der Waals surface area contributed by atoms with Crippen molar-refractivity contribution in [1.82, 2.24) is 0 Å². The van der Waals surface area contributed by atoms with Crippen molar-refractivity contribution in [2.45, 2.75) is 6.04 Å². The number of hydrogen-bond acceptors (Lipinski definition) is 6. The molecule has 3 aromatic rings. The van der Waals surface area contributed by atoms with Crippen LogP contribution in [0, 0.1) is 0 Å². The van der Waals surface area contributed by atoms with Crippen LogP contribution in [-0.4, -0.2) is 39.7 Å². The van der Waals surface area contributed by atoms with E-state index >= 15 is 0 Å². The Morgan fingerprint density at radius 1 is 0.903 bits per heavy atom. The highest BCUT2D eigenvalue weighted by Gasteiger charge is 2.43. The molecule has 1 aliphatic rings. The van der Waals surface area contributed by atoms with E-state index in [2.05, 4.69) is 0 Å². The molecule has 0 aliphatic carbocycles. The topological polar surface area (TPSA) is 68.3 Å². The maximum absolute atomic E-state index is 13.8. The van der Waals surface area contributed by atoms with E-state index in [9.17, 15) is 9.59 Å². The maximum Gasteiger partial charge on any atom is 0.255 e. The Labute approximate surface area is 184 Å². The molecular weight excluding hydrogens is 416 g/mol. The molecule has 7 nitrogen and oxygen atoms in total. The second kappa shape index (κ2) is 8.69. The average molecular weight is 439 g/mol. The zero-order valence-corrected chi connectivity index (χ0v) is 18.2. The number of thiophene rings is 1. The minimum absolute atomic E-state index is 0.138. The van der Waals surface area contributed by atoms with Crippen molar-refractivity contribution in [2.24, 2.45) is 0 Å². The first kappa shape index (κ1) is 20.7. The van der Waals surface area contributed by atoms with Gasteiger partial charge in [-0.3, -0.25) is 19.4 Å². The number of para-hydroxylation sites is 2. The van der Waals surface area contributed by atoms with Gasteiger partial charge in [0.25, 0.3) is 5.91 Å².